The number of nitrogens with one attached hydrogen (secondary N) is 1. The van der Waals surface area contributed by atoms with Gasteiger partial charge in [-0.15, -0.1) is 0 Å². The number of aliphatic imine (C=N–C) groups is 1. The third-order valence-corrected chi connectivity index (χ3v) is 5.84. The van der Waals surface area contributed by atoms with Gasteiger partial charge in [-0.2, -0.15) is 0 Å². The van der Waals surface area contributed by atoms with Crippen molar-refractivity contribution >= 4 is 34.5 Å². The van der Waals surface area contributed by atoms with E-state index in [2.05, 4.69) is 10.3 Å². The highest BCUT2D eigenvalue weighted by Crippen LogP contribution is 2.45. The molecule has 0 saturated carbocycles. The molecule has 1 aromatic carbocycles. The second-order valence-electron chi connectivity index (χ2n) is 7.72. The molecule has 11 heteroatoms. The minimum atomic E-state index is -0.641. The fourth-order valence-electron chi connectivity index (χ4n) is 3.52. The zero-order chi connectivity index (χ0) is 24.1. The fraction of sp³-hybridized carbons (Fsp3) is 0.409. The van der Waals surface area contributed by atoms with Crippen LogP contribution in [0.2, 0.25) is 0 Å². The number of carbonyl (C=O) groups excluding carboxylic acids is 2. The van der Waals surface area contributed by atoms with Crippen LogP contribution in [0.1, 0.15) is 38.8 Å². The van der Waals surface area contributed by atoms with E-state index >= 15 is 0 Å². The number of hydrogen-bond donors (Lipinski definition) is 1. The lowest BCUT2D eigenvalue weighted by Gasteiger charge is -2.36. The average molecular weight is 475 g/mol. The molecule has 1 N–H and O–H groups in total. The van der Waals surface area contributed by atoms with Gasteiger partial charge in [-0.1, -0.05) is 11.8 Å². The SMILES string of the molecule is COCCNC(=O)CC1=CSC2=NC(C)=C(C(=O)OC(C)C)C(c3ccc([N+](=O)[O-])cc3)N12. The minimum absolute atomic E-state index is 0.0560. The van der Waals surface area contributed by atoms with Gasteiger partial charge in [-0.25, -0.2) is 9.79 Å². The summed E-state index contributed by atoms with van der Waals surface area (Å²) in [4.78, 5) is 42.6. The molecule has 1 atom stereocenters. The Morgan fingerprint density at radius 2 is 2.00 bits per heavy atom. The standard InChI is InChI=1S/C22H26N4O6S/c1-13(2)32-21(28)19-14(3)24-22-25(17(12-33-22)11-18(27)23-9-10-31-4)20(19)15-5-7-16(8-6-15)26(29)30/h5-8,12-13,20H,9-11H2,1-4H3,(H,23,27). The molecule has 2 aliphatic rings. The van der Waals surface area contributed by atoms with Crippen molar-refractivity contribution in [2.45, 2.75) is 39.3 Å². The summed E-state index contributed by atoms with van der Waals surface area (Å²) < 4.78 is 10.4. The summed E-state index contributed by atoms with van der Waals surface area (Å²) in [6, 6.07) is 5.37. The molecule has 1 aromatic rings. The summed E-state index contributed by atoms with van der Waals surface area (Å²) in [7, 11) is 1.56. The number of benzene rings is 1. The average Bonchev–Trinajstić information content (AvgIpc) is 3.14. The first-order valence-corrected chi connectivity index (χ1v) is 11.3. The Bertz CT molecular complexity index is 1030. The minimum Gasteiger partial charge on any atom is -0.459 e. The number of allylic oxidation sites excluding steroid dienone is 1. The third-order valence-electron chi connectivity index (χ3n) is 4.95. The molecule has 0 fully saturated rings. The Kier molecular flexibility index (Phi) is 7.88. The van der Waals surface area contributed by atoms with Gasteiger partial charge in [0, 0.05) is 31.5 Å². The fourth-order valence-corrected chi connectivity index (χ4v) is 4.49. The zero-order valence-electron chi connectivity index (χ0n) is 18.9. The number of nitro groups is 1. The van der Waals surface area contributed by atoms with Crippen LogP contribution in [0.25, 0.3) is 0 Å². The number of hydrogen-bond acceptors (Lipinski definition) is 9. The maximum absolute atomic E-state index is 13.1. The molecule has 0 radical (unpaired) electrons. The van der Waals surface area contributed by atoms with E-state index in [1.165, 1.54) is 23.9 Å². The highest BCUT2D eigenvalue weighted by atomic mass is 32.2. The van der Waals surface area contributed by atoms with E-state index in [-0.39, 0.29) is 24.1 Å². The number of nitrogens with zero attached hydrogens (tertiary/aromatic N) is 3. The number of methoxy groups -OCH3 is 1. The normalized spacial score (nSPS) is 17.5. The van der Waals surface area contributed by atoms with Crippen LogP contribution in [-0.2, 0) is 19.1 Å². The molecule has 0 saturated heterocycles. The monoisotopic (exact) mass is 474 g/mol. The number of nitro benzene ring substituents is 1. The Balaban J connectivity index is 1.99. The number of amidine groups is 1. The van der Waals surface area contributed by atoms with Crippen molar-refractivity contribution in [1.82, 2.24) is 10.2 Å². The number of esters is 1. The molecule has 0 aromatic heterocycles. The molecular formula is C22H26N4O6S. The van der Waals surface area contributed by atoms with Crippen LogP contribution < -0.4 is 5.32 Å². The molecule has 2 heterocycles. The smallest absolute Gasteiger partial charge is 0.338 e. The van der Waals surface area contributed by atoms with Crippen molar-refractivity contribution < 1.29 is 24.0 Å². The van der Waals surface area contributed by atoms with E-state index < -0.39 is 16.9 Å². The lowest BCUT2D eigenvalue weighted by molar-refractivity contribution is -0.384. The third kappa shape index (κ3) is 5.60. The van der Waals surface area contributed by atoms with Crippen molar-refractivity contribution in [1.29, 1.82) is 0 Å². The van der Waals surface area contributed by atoms with Crippen molar-refractivity contribution in [2.24, 2.45) is 4.99 Å². The van der Waals surface area contributed by atoms with Gasteiger partial charge in [0.05, 0.1) is 41.4 Å². The Morgan fingerprint density at radius 3 is 2.61 bits per heavy atom. The molecule has 2 aliphatic heterocycles. The first-order valence-electron chi connectivity index (χ1n) is 10.4. The molecule has 1 amide bonds. The zero-order valence-corrected chi connectivity index (χ0v) is 19.7. The van der Waals surface area contributed by atoms with Crippen molar-refractivity contribution in [3.8, 4) is 0 Å². The van der Waals surface area contributed by atoms with Crippen molar-refractivity contribution in [3.63, 3.8) is 0 Å². The van der Waals surface area contributed by atoms with Gasteiger partial charge >= 0.3 is 5.97 Å². The van der Waals surface area contributed by atoms with Crippen molar-refractivity contribution in [2.75, 3.05) is 20.3 Å². The van der Waals surface area contributed by atoms with Gasteiger partial charge in [0.1, 0.15) is 0 Å². The molecule has 0 bridgehead atoms. The summed E-state index contributed by atoms with van der Waals surface area (Å²) in [6.45, 7) is 6.03. The van der Waals surface area contributed by atoms with Gasteiger partial charge < -0.3 is 19.7 Å². The lowest BCUT2D eigenvalue weighted by Crippen LogP contribution is -2.38. The van der Waals surface area contributed by atoms with Gasteiger partial charge in [0.25, 0.3) is 5.69 Å². The molecular weight excluding hydrogens is 448 g/mol. The number of rotatable bonds is 9. The van der Waals surface area contributed by atoms with Gasteiger partial charge in [0.2, 0.25) is 5.91 Å². The summed E-state index contributed by atoms with van der Waals surface area (Å²) >= 11 is 1.36. The van der Waals surface area contributed by atoms with Crippen LogP contribution >= 0.6 is 11.8 Å². The van der Waals surface area contributed by atoms with E-state index in [9.17, 15) is 19.7 Å². The predicted octanol–water partition coefficient (Wildman–Crippen LogP) is 3.27. The Morgan fingerprint density at radius 1 is 1.30 bits per heavy atom. The molecule has 1 unspecified atom stereocenters. The first-order chi connectivity index (χ1) is 15.7. The number of non-ortho nitro benzene ring substituents is 1. The van der Waals surface area contributed by atoms with E-state index in [1.54, 1.807) is 40.0 Å². The van der Waals surface area contributed by atoms with Crippen LogP contribution in [0.15, 0.2) is 51.6 Å². The predicted molar refractivity (Wildman–Crippen MR) is 124 cm³/mol. The van der Waals surface area contributed by atoms with Crippen molar-refractivity contribution in [3.05, 3.63) is 62.3 Å². The highest BCUT2D eigenvalue weighted by Gasteiger charge is 2.41. The molecule has 33 heavy (non-hydrogen) atoms. The summed E-state index contributed by atoms with van der Waals surface area (Å²) in [5.41, 5.74) is 2.09. The maximum atomic E-state index is 13.1. The maximum Gasteiger partial charge on any atom is 0.338 e. The number of ether oxygens (including phenoxy) is 2. The molecule has 0 spiro atoms. The topological polar surface area (TPSA) is 123 Å². The van der Waals surface area contributed by atoms with Crippen LogP contribution in [0, 0.1) is 10.1 Å². The summed E-state index contributed by atoms with van der Waals surface area (Å²) in [6.07, 6.45) is -0.264. The first kappa shape index (κ1) is 24.5. The second-order valence-corrected chi connectivity index (χ2v) is 8.55. The Hall–Kier alpha value is -3.18. The largest absolute Gasteiger partial charge is 0.459 e. The van der Waals surface area contributed by atoms with Crippen LogP contribution in [0.3, 0.4) is 0 Å². The number of fused-ring (bicyclic) bond motifs is 1. The van der Waals surface area contributed by atoms with Crippen LogP contribution in [0.5, 0.6) is 0 Å². The molecule has 3 rings (SSSR count). The second kappa shape index (κ2) is 10.6. The van der Waals surface area contributed by atoms with Gasteiger partial charge in [-0.05, 0) is 43.9 Å². The summed E-state index contributed by atoms with van der Waals surface area (Å²) in [5.74, 6) is -0.713. The molecule has 10 nitrogen and oxygen atoms in total. The summed E-state index contributed by atoms with van der Waals surface area (Å²) in [5, 5.41) is 16.4. The highest BCUT2D eigenvalue weighted by molar-refractivity contribution is 8.16. The van der Waals surface area contributed by atoms with Gasteiger partial charge in [-0.3, -0.25) is 14.9 Å². The van der Waals surface area contributed by atoms with Crippen LogP contribution in [-0.4, -0.2) is 53.2 Å². The van der Waals surface area contributed by atoms with Crippen LogP contribution in [0.4, 0.5) is 5.69 Å². The molecule has 0 aliphatic carbocycles. The van der Waals surface area contributed by atoms with E-state index in [0.29, 0.717) is 40.8 Å². The van der Waals surface area contributed by atoms with E-state index in [0.717, 1.165) is 0 Å². The van der Waals surface area contributed by atoms with E-state index in [1.807, 2.05) is 10.3 Å². The van der Waals surface area contributed by atoms with E-state index in [4.69, 9.17) is 9.47 Å². The quantitative estimate of drug-likeness (QED) is 0.250. The lowest BCUT2D eigenvalue weighted by atomic mass is 9.93. The Labute approximate surface area is 195 Å². The number of amides is 1. The van der Waals surface area contributed by atoms with Gasteiger partial charge in [0.15, 0.2) is 5.17 Å². The number of thioether (sulfide) groups is 1. The molecule has 176 valence electrons. The number of carbonyl (C=O) groups is 2.